The number of anilines is 1. The molecule has 1 N–H and O–H groups in total. The molecule has 1 amide bonds. The largest absolute Gasteiger partial charge is 0.490 e. The van der Waals surface area contributed by atoms with Crippen LogP contribution < -0.4 is 14.8 Å². The van der Waals surface area contributed by atoms with E-state index in [1.807, 2.05) is 85.8 Å². The minimum atomic E-state index is -0.0996. The lowest BCUT2D eigenvalue weighted by molar-refractivity contribution is 0.102. The fourth-order valence-corrected chi connectivity index (χ4v) is 5.68. The number of carbonyl (C=O) groups excluding carboxylic acids is 1. The van der Waals surface area contributed by atoms with Gasteiger partial charge in [0.25, 0.3) is 5.91 Å². The number of rotatable bonds is 9. The van der Waals surface area contributed by atoms with Crippen LogP contribution >= 0.6 is 11.3 Å². The first-order valence-corrected chi connectivity index (χ1v) is 13.5. The van der Waals surface area contributed by atoms with E-state index >= 15 is 0 Å². The number of hydrogen-bond donors (Lipinski definition) is 1. The molecule has 4 aromatic rings. The van der Waals surface area contributed by atoms with Crippen molar-refractivity contribution in [1.82, 2.24) is 0 Å². The fraction of sp³-hybridized carbons (Fsp3) is 0.226. The number of carbonyl (C=O) groups is 1. The summed E-state index contributed by atoms with van der Waals surface area (Å²) in [4.78, 5) is 19.4. The molecule has 0 atom stereocenters. The van der Waals surface area contributed by atoms with Gasteiger partial charge in [0.1, 0.15) is 11.6 Å². The molecular formula is C31H30N2O3S. The van der Waals surface area contributed by atoms with Crippen LogP contribution in [-0.4, -0.2) is 18.7 Å². The van der Waals surface area contributed by atoms with Crippen molar-refractivity contribution in [1.29, 1.82) is 0 Å². The second kappa shape index (κ2) is 11.9. The molecule has 1 aliphatic rings. The van der Waals surface area contributed by atoms with Crippen LogP contribution in [0.5, 0.6) is 11.5 Å². The second-order valence-corrected chi connectivity index (χ2v) is 9.97. The van der Waals surface area contributed by atoms with E-state index in [0.29, 0.717) is 30.3 Å². The Labute approximate surface area is 221 Å². The van der Waals surface area contributed by atoms with Gasteiger partial charge in [-0.15, -0.1) is 11.3 Å². The number of hydrogen-bond acceptors (Lipinski definition) is 5. The third kappa shape index (κ3) is 6.09. The van der Waals surface area contributed by atoms with Gasteiger partial charge in [-0.3, -0.25) is 4.79 Å². The highest BCUT2D eigenvalue weighted by Gasteiger charge is 2.25. The Morgan fingerprint density at radius 3 is 2.49 bits per heavy atom. The highest BCUT2D eigenvalue weighted by molar-refractivity contribution is 7.16. The van der Waals surface area contributed by atoms with Gasteiger partial charge in [-0.1, -0.05) is 48.5 Å². The lowest BCUT2D eigenvalue weighted by Crippen LogP contribution is -2.14. The number of amides is 1. The summed E-state index contributed by atoms with van der Waals surface area (Å²) in [6, 6.07) is 25.4. The average Bonchev–Trinajstić information content (AvgIpc) is 3.31. The third-order valence-corrected chi connectivity index (χ3v) is 7.45. The Hall–Kier alpha value is -3.90. The van der Waals surface area contributed by atoms with Gasteiger partial charge in [-0.25, -0.2) is 4.99 Å². The zero-order valence-corrected chi connectivity index (χ0v) is 21.7. The summed E-state index contributed by atoms with van der Waals surface area (Å²) in [5, 5.41) is 3.80. The molecule has 5 nitrogen and oxygen atoms in total. The smallest absolute Gasteiger partial charge is 0.259 e. The standard InChI is InChI=1S/C31H30N2O3S/c1-2-35-27-19-23(17-18-26(27)36-21-22-11-5-3-6-12-22)20-32-31-29(25-15-9-10-16-28(25)37-31)30(34)33-24-13-7-4-8-14-24/h3-8,11-14,17-20H,2,9-10,15-16,21H2,1H3,(H,33,34). The maximum absolute atomic E-state index is 13.3. The van der Waals surface area contributed by atoms with Crippen LogP contribution in [0.25, 0.3) is 0 Å². The summed E-state index contributed by atoms with van der Waals surface area (Å²) in [6.45, 7) is 2.95. The molecule has 5 rings (SSSR count). The van der Waals surface area contributed by atoms with E-state index in [-0.39, 0.29) is 5.91 Å². The zero-order valence-electron chi connectivity index (χ0n) is 20.9. The van der Waals surface area contributed by atoms with Gasteiger partial charge in [-0.2, -0.15) is 0 Å². The van der Waals surface area contributed by atoms with Crippen molar-refractivity contribution in [2.75, 3.05) is 11.9 Å². The van der Waals surface area contributed by atoms with Gasteiger partial charge >= 0.3 is 0 Å². The molecule has 0 saturated carbocycles. The van der Waals surface area contributed by atoms with Gasteiger partial charge in [0.15, 0.2) is 11.5 Å². The average molecular weight is 511 g/mol. The second-order valence-electron chi connectivity index (χ2n) is 8.88. The third-order valence-electron chi connectivity index (χ3n) is 6.25. The number of aliphatic imine (C=N–C) groups is 1. The number of benzene rings is 3. The van der Waals surface area contributed by atoms with Gasteiger partial charge in [0.05, 0.1) is 12.2 Å². The van der Waals surface area contributed by atoms with Crippen molar-refractivity contribution in [3.8, 4) is 11.5 Å². The summed E-state index contributed by atoms with van der Waals surface area (Å²) in [7, 11) is 0. The summed E-state index contributed by atoms with van der Waals surface area (Å²) in [6.07, 6.45) is 5.98. The minimum Gasteiger partial charge on any atom is -0.490 e. The maximum Gasteiger partial charge on any atom is 0.259 e. The first-order valence-electron chi connectivity index (χ1n) is 12.7. The number of ether oxygens (including phenoxy) is 2. The molecule has 0 radical (unpaired) electrons. The predicted molar refractivity (Wildman–Crippen MR) is 151 cm³/mol. The number of thiophene rings is 1. The first kappa shape index (κ1) is 24.8. The highest BCUT2D eigenvalue weighted by atomic mass is 32.1. The van der Waals surface area contributed by atoms with Crippen LogP contribution in [0.3, 0.4) is 0 Å². The number of nitrogens with zero attached hydrogens (tertiary/aromatic N) is 1. The molecule has 6 heteroatoms. The number of fused-ring (bicyclic) bond motifs is 1. The molecule has 0 unspecified atom stereocenters. The summed E-state index contributed by atoms with van der Waals surface area (Å²) >= 11 is 1.63. The number of nitrogens with one attached hydrogen (secondary N) is 1. The van der Waals surface area contributed by atoms with Crippen molar-refractivity contribution < 1.29 is 14.3 Å². The van der Waals surface area contributed by atoms with Gasteiger partial charge < -0.3 is 14.8 Å². The SMILES string of the molecule is CCOc1cc(C=Nc2sc3c(c2C(=O)Nc2ccccc2)CCCC3)ccc1OCc1ccccc1. The van der Waals surface area contributed by atoms with E-state index in [2.05, 4.69) is 5.32 Å². The number of aryl methyl sites for hydroxylation is 1. The van der Waals surface area contributed by atoms with Crippen LogP contribution in [0.4, 0.5) is 10.7 Å². The van der Waals surface area contributed by atoms with E-state index in [4.69, 9.17) is 14.5 Å². The maximum atomic E-state index is 13.3. The van der Waals surface area contributed by atoms with Crippen molar-refractivity contribution in [2.24, 2.45) is 4.99 Å². The minimum absolute atomic E-state index is 0.0996. The Balaban J connectivity index is 1.39. The Kier molecular flexibility index (Phi) is 7.96. The summed E-state index contributed by atoms with van der Waals surface area (Å²) in [5.41, 5.74) is 4.62. The van der Waals surface area contributed by atoms with Crippen LogP contribution in [0.15, 0.2) is 83.9 Å². The Morgan fingerprint density at radius 2 is 1.70 bits per heavy atom. The summed E-state index contributed by atoms with van der Waals surface area (Å²) < 4.78 is 11.9. The van der Waals surface area contributed by atoms with Crippen molar-refractivity contribution in [3.63, 3.8) is 0 Å². The van der Waals surface area contributed by atoms with Crippen molar-refractivity contribution in [3.05, 3.63) is 106 Å². The Bertz CT molecular complexity index is 1380. The van der Waals surface area contributed by atoms with Crippen LogP contribution in [0.1, 0.15) is 51.7 Å². The van der Waals surface area contributed by atoms with E-state index in [9.17, 15) is 4.79 Å². The zero-order chi connectivity index (χ0) is 25.5. The molecule has 0 aliphatic heterocycles. The molecule has 1 aromatic heterocycles. The van der Waals surface area contributed by atoms with Crippen LogP contribution in [0.2, 0.25) is 0 Å². The highest BCUT2D eigenvalue weighted by Crippen LogP contribution is 2.40. The lowest BCUT2D eigenvalue weighted by Gasteiger charge is -2.13. The molecule has 0 saturated heterocycles. The molecule has 188 valence electrons. The monoisotopic (exact) mass is 510 g/mol. The molecule has 0 bridgehead atoms. The van der Waals surface area contributed by atoms with Gasteiger partial charge in [0.2, 0.25) is 0 Å². The van der Waals surface area contributed by atoms with Crippen LogP contribution in [-0.2, 0) is 19.4 Å². The fourth-order valence-electron chi connectivity index (χ4n) is 4.45. The van der Waals surface area contributed by atoms with E-state index in [1.54, 1.807) is 17.6 Å². The molecule has 0 spiro atoms. The van der Waals surface area contributed by atoms with Crippen LogP contribution in [0, 0.1) is 0 Å². The summed E-state index contributed by atoms with van der Waals surface area (Å²) in [5.74, 6) is 1.27. The number of para-hydroxylation sites is 1. The van der Waals surface area contributed by atoms with Crippen molar-refractivity contribution in [2.45, 2.75) is 39.2 Å². The molecule has 37 heavy (non-hydrogen) atoms. The topological polar surface area (TPSA) is 59.9 Å². The lowest BCUT2D eigenvalue weighted by atomic mass is 9.95. The van der Waals surface area contributed by atoms with Gasteiger partial charge in [-0.05, 0) is 79.6 Å². The molecular weight excluding hydrogens is 480 g/mol. The van der Waals surface area contributed by atoms with Gasteiger partial charge in [0, 0.05) is 16.8 Å². The van der Waals surface area contributed by atoms with E-state index in [1.165, 1.54) is 4.88 Å². The molecule has 3 aromatic carbocycles. The molecule has 0 fully saturated rings. The molecule has 1 heterocycles. The molecule has 1 aliphatic carbocycles. The Morgan fingerprint density at radius 1 is 0.946 bits per heavy atom. The first-order chi connectivity index (χ1) is 18.2. The van der Waals surface area contributed by atoms with Crippen molar-refractivity contribution >= 4 is 34.1 Å². The van der Waals surface area contributed by atoms with E-state index in [0.717, 1.165) is 53.1 Å². The quantitative estimate of drug-likeness (QED) is 0.236. The predicted octanol–water partition coefficient (Wildman–Crippen LogP) is 7.61. The van der Waals surface area contributed by atoms with E-state index < -0.39 is 0 Å². The normalized spacial score (nSPS) is 12.8.